The standard InChI is InChI=1S/C12H16ClN/c1-9(2)14-6-5-11-4-3-10(8-13)7-12(11)14/h3-4,7,9H,5-6,8H2,1-2H3. The normalized spacial score (nSPS) is 15.0. The first-order valence-corrected chi connectivity index (χ1v) is 5.70. The van der Waals surface area contributed by atoms with E-state index in [1.54, 1.807) is 0 Å². The van der Waals surface area contributed by atoms with E-state index in [1.807, 2.05) is 0 Å². The van der Waals surface area contributed by atoms with E-state index in [0.717, 1.165) is 6.54 Å². The fourth-order valence-electron chi connectivity index (χ4n) is 2.07. The summed E-state index contributed by atoms with van der Waals surface area (Å²) in [5.41, 5.74) is 4.07. The molecule has 0 N–H and O–H groups in total. The number of benzene rings is 1. The lowest BCUT2D eigenvalue weighted by molar-refractivity contribution is 0.710. The number of hydrogen-bond acceptors (Lipinski definition) is 1. The van der Waals surface area contributed by atoms with E-state index < -0.39 is 0 Å². The van der Waals surface area contributed by atoms with Crippen LogP contribution in [0.25, 0.3) is 0 Å². The van der Waals surface area contributed by atoms with Crippen LogP contribution in [-0.2, 0) is 12.3 Å². The Morgan fingerprint density at radius 2 is 2.21 bits per heavy atom. The second-order valence-electron chi connectivity index (χ2n) is 4.13. The van der Waals surface area contributed by atoms with Crippen molar-refractivity contribution in [3.8, 4) is 0 Å². The summed E-state index contributed by atoms with van der Waals surface area (Å²) in [6.07, 6.45) is 1.18. The minimum absolute atomic E-state index is 0.585. The van der Waals surface area contributed by atoms with E-state index in [9.17, 15) is 0 Å². The van der Waals surface area contributed by atoms with Crippen LogP contribution in [0.1, 0.15) is 25.0 Å². The van der Waals surface area contributed by atoms with Gasteiger partial charge in [0.05, 0.1) is 0 Å². The maximum Gasteiger partial charge on any atom is 0.0474 e. The van der Waals surface area contributed by atoms with E-state index in [4.69, 9.17) is 11.6 Å². The van der Waals surface area contributed by atoms with Crippen molar-refractivity contribution < 1.29 is 0 Å². The molecule has 0 radical (unpaired) electrons. The van der Waals surface area contributed by atoms with Crippen LogP contribution in [0, 0.1) is 0 Å². The molecule has 0 fully saturated rings. The highest BCUT2D eigenvalue weighted by Gasteiger charge is 2.20. The molecule has 0 bridgehead atoms. The van der Waals surface area contributed by atoms with Crippen LogP contribution in [0.5, 0.6) is 0 Å². The van der Waals surface area contributed by atoms with Crippen LogP contribution in [0.15, 0.2) is 18.2 Å². The fourth-order valence-corrected chi connectivity index (χ4v) is 2.24. The zero-order valence-corrected chi connectivity index (χ0v) is 9.51. The summed E-state index contributed by atoms with van der Waals surface area (Å²) in [4.78, 5) is 2.45. The lowest BCUT2D eigenvalue weighted by atomic mass is 10.1. The predicted octanol–water partition coefficient (Wildman–Crippen LogP) is 3.20. The zero-order chi connectivity index (χ0) is 10.1. The quantitative estimate of drug-likeness (QED) is 0.677. The Kier molecular flexibility index (Phi) is 2.69. The molecular formula is C12H16ClN. The first-order chi connectivity index (χ1) is 6.72. The van der Waals surface area contributed by atoms with E-state index in [1.165, 1.54) is 23.2 Å². The van der Waals surface area contributed by atoms with Gasteiger partial charge in [0.15, 0.2) is 0 Å². The summed E-state index contributed by atoms with van der Waals surface area (Å²) in [6.45, 7) is 5.63. The molecule has 1 aliphatic rings. The van der Waals surface area contributed by atoms with Crippen LogP contribution < -0.4 is 4.90 Å². The maximum atomic E-state index is 5.84. The Morgan fingerprint density at radius 3 is 2.86 bits per heavy atom. The van der Waals surface area contributed by atoms with Crippen molar-refractivity contribution in [2.24, 2.45) is 0 Å². The van der Waals surface area contributed by atoms with Crippen molar-refractivity contribution in [1.82, 2.24) is 0 Å². The number of halogens is 1. The van der Waals surface area contributed by atoms with Gasteiger partial charge >= 0.3 is 0 Å². The highest BCUT2D eigenvalue weighted by Crippen LogP contribution is 2.30. The van der Waals surface area contributed by atoms with Crippen molar-refractivity contribution >= 4 is 17.3 Å². The molecule has 0 aliphatic carbocycles. The lowest BCUT2D eigenvalue weighted by Crippen LogP contribution is -2.28. The summed E-state index contributed by atoms with van der Waals surface area (Å²) in [7, 11) is 0. The van der Waals surface area contributed by atoms with Crippen molar-refractivity contribution in [1.29, 1.82) is 0 Å². The van der Waals surface area contributed by atoms with Gasteiger partial charge < -0.3 is 4.90 Å². The van der Waals surface area contributed by atoms with Gasteiger partial charge in [0.2, 0.25) is 0 Å². The van der Waals surface area contributed by atoms with Crippen molar-refractivity contribution in [3.63, 3.8) is 0 Å². The van der Waals surface area contributed by atoms with E-state index in [0.29, 0.717) is 11.9 Å². The van der Waals surface area contributed by atoms with Crippen LogP contribution in [0.4, 0.5) is 5.69 Å². The largest absolute Gasteiger partial charge is 0.369 e. The van der Waals surface area contributed by atoms with Crippen LogP contribution in [0.3, 0.4) is 0 Å². The van der Waals surface area contributed by atoms with E-state index >= 15 is 0 Å². The fraction of sp³-hybridized carbons (Fsp3) is 0.500. The van der Waals surface area contributed by atoms with Crippen LogP contribution >= 0.6 is 11.6 Å². The summed E-state index contributed by atoms with van der Waals surface area (Å²) in [5.74, 6) is 0.610. The Balaban J connectivity index is 2.37. The van der Waals surface area contributed by atoms with Gasteiger partial charge in [-0.3, -0.25) is 0 Å². The molecule has 1 nitrogen and oxygen atoms in total. The van der Waals surface area contributed by atoms with Crippen LogP contribution in [0.2, 0.25) is 0 Å². The molecule has 2 rings (SSSR count). The third-order valence-corrected chi connectivity index (χ3v) is 3.17. The molecule has 0 spiro atoms. The monoisotopic (exact) mass is 209 g/mol. The Labute approximate surface area is 90.7 Å². The second kappa shape index (κ2) is 3.82. The number of nitrogens with zero attached hydrogens (tertiary/aromatic N) is 1. The maximum absolute atomic E-state index is 5.84. The van der Waals surface area contributed by atoms with Gasteiger partial charge in [0.1, 0.15) is 0 Å². The molecule has 1 aromatic rings. The number of hydrogen-bond donors (Lipinski definition) is 0. The minimum Gasteiger partial charge on any atom is -0.369 e. The first-order valence-electron chi connectivity index (χ1n) is 5.17. The topological polar surface area (TPSA) is 3.24 Å². The average molecular weight is 210 g/mol. The first kappa shape index (κ1) is 9.85. The minimum atomic E-state index is 0.585. The molecule has 2 heteroatoms. The van der Waals surface area contributed by atoms with E-state index in [-0.39, 0.29) is 0 Å². The molecule has 14 heavy (non-hydrogen) atoms. The molecule has 76 valence electrons. The lowest BCUT2D eigenvalue weighted by Gasteiger charge is -2.24. The van der Waals surface area contributed by atoms with Gasteiger partial charge in [0.25, 0.3) is 0 Å². The molecule has 1 heterocycles. The zero-order valence-electron chi connectivity index (χ0n) is 8.76. The van der Waals surface area contributed by atoms with Crippen molar-refractivity contribution in [2.75, 3.05) is 11.4 Å². The van der Waals surface area contributed by atoms with Crippen molar-refractivity contribution in [3.05, 3.63) is 29.3 Å². The number of alkyl halides is 1. The molecule has 0 saturated heterocycles. The predicted molar refractivity (Wildman–Crippen MR) is 62.2 cm³/mol. The Hall–Kier alpha value is -0.690. The number of rotatable bonds is 2. The van der Waals surface area contributed by atoms with E-state index in [2.05, 4.69) is 36.9 Å². The van der Waals surface area contributed by atoms with Gasteiger partial charge in [-0.1, -0.05) is 12.1 Å². The van der Waals surface area contributed by atoms with Gasteiger partial charge in [-0.25, -0.2) is 0 Å². The van der Waals surface area contributed by atoms with Gasteiger partial charge in [-0.15, -0.1) is 11.6 Å². The molecule has 0 aromatic heterocycles. The summed E-state index contributed by atoms with van der Waals surface area (Å²) in [6, 6.07) is 7.17. The molecule has 0 atom stereocenters. The van der Waals surface area contributed by atoms with Crippen LogP contribution in [-0.4, -0.2) is 12.6 Å². The number of fused-ring (bicyclic) bond motifs is 1. The highest BCUT2D eigenvalue weighted by molar-refractivity contribution is 6.17. The Morgan fingerprint density at radius 1 is 1.43 bits per heavy atom. The van der Waals surface area contributed by atoms with Crippen molar-refractivity contribution in [2.45, 2.75) is 32.2 Å². The summed E-state index contributed by atoms with van der Waals surface area (Å²) < 4.78 is 0. The molecule has 0 unspecified atom stereocenters. The van der Waals surface area contributed by atoms with Gasteiger partial charge in [0, 0.05) is 24.2 Å². The third kappa shape index (κ3) is 1.61. The van der Waals surface area contributed by atoms with Gasteiger partial charge in [-0.2, -0.15) is 0 Å². The number of anilines is 1. The highest BCUT2D eigenvalue weighted by atomic mass is 35.5. The molecule has 0 saturated carbocycles. The SMILES string of the molecule is CC(C)N1CCc2ccc(CCl)cc21. The summed E-state index contributed by atoms with van der Waals surface area (Å²) >= 11 is 5.84. The average Bonchev–Trinajstić information content (AvgIpc) is 2.59. The molecule has 1 aromatic carbocycles. The van der Waals surface area contributed by atoms with Gasteiger partial charge in [-0.05, 0) is 37.5 Å². The Bertz CT molecular complexity index is 333. The second-order valence-corrected chi connectivity index (χ2v) is 4.40. The summed E-state index contributed by atoms with van der Waals surface area (Å²) in [5, 5.41) is 0. The third-order valence-electron chi connectivity index (χ3n) is 2.86. The molecule has 0 amide bonds. The molecule has 1 aliphatic heterocycles. The molecular weight excluding hydrogens is 194 g/mol. The smallest absolute Gasteiger partial charge is 0.0474 e.